The second-order valence-electron chi connectivity index (χ2n) is 4.64. The summed E-state index contributed by atoms with van der Waals surface area (Å²) in [7, 11) is 1.23. The Morgan fingerprint density at radius 3 is 2.78 bits per heavy atom. The number of aliphatic hydroxyl groups excluding tert-OH is 1. The number of nitrogens with one attached hydrogen (secondary N) is 1. The van der Waals surface area contributed by atoms with E-state index in [4.69, 9.17) is 33.0 Å². The highest BCUT2D eigenvalue weighted by atomic mass is 79.9. The number of benzene rings is 1. The van der Waals surface area contributed by atoms with Gasteiger partial charge in [-0.3, -0.25) is 4.79 Å². The number of ether oxygens (including phenoxy) is 1. The summed E-state index contributed by atoms with van der Waals surface area (Å²) in [5.41, 5.74) is 0.660. The smallest absolute Gasteiger partial charge is 0.337 e. The lowest BCUT2D eigenvalue weighted by Crippen LogP contribution is -2.31. The monoisotopic (exact) mass is 422 g/mol. The van der Waals surface area contributed by atoms with E-state index in [1.54, 1.807) is 12.1 Å². The number of methoxy groups -OCH3 is 1. The standard InChI is InChI=1S/C14H13BrCl2N2O4/c1-23-14(22)7-6-19(4-5-20)13(21)12(7)18-9-3-2-8(16)10(15)11(9)17/h2-3,18,20H,4-6H2,1H3. The lowest BCUT2D eigenvalue weighted by atomic mass is 10.2. The number of carbonyl (C=O) groups is 2. The Hall–Kier alpha value is -1.28. The summed E-state index contributed by atoms with van der Waals surface area (Å²) < 4.78 is 5.18. The molecule has 0 spiro atoms. The van der Waals surface area contributed by atoms with Crippen molar-refractivity contribution < 1.29 is 19.4 Å². The predicted octanol–water partition coefficient (Wildman–Crippen LogP) is 2.43. The fourth-order valence-electron chi connectivity index (χ4n) is 2.11. The molecular formula is C14H13BrCl2N2O4. The van der Waals surface area contributed by atoms with Gasteiger partial charge in [-0.25, -0.2) is 4.79 Å². The van der Waals surface area contributed by atoms with Crippen LogP contribution in [0.5, 0.6) is 0 Å². The van der Waals surface area contributed by atoms with Gasteiger partial charge in [0, 0.05) is 6.54 Å². The van der Waals surface area contributed by atoms with E-state index in [2.05, 4.69) is 21.2 Å². The van der Waals surface area contributed by atoms with Gasteiger partial charge in [-0.2, -0.15) is 0 Å². The summed E-state index contributed by atoms with van der Waals surface area (Å²) in [6, 6.07) is 3.20. The first-order valence-electron chi connectivity index (χ1n) is 6.52. The highest BCUT2D eigenvalue weighted by Crippen LogP contribution is 2.37. The summed E-state index contributed by atoms with van der Waals surface area (Å²) in [6.07, 6.45) is 0. The fraction of sp³-hybridized carbons (Fsp3) is 0.286. The number of hydrogen-bond donors (Lipinski definition) is 2. The van der Waals surface area contributed by atoms with Crippen LogP contribution < -0.4 is 5.32 Å². The minimum Gasteiger partial charge on any atom is -0.466 e. The van der Waals surface area contributed by atoms with E-state index in [0.717, 1.165) is 0 Å². The molecule has 0 saturated heterocycles. The molecule has 1 aliphatic rings. The molecule has 0 radical (unpaired) electrons. The maximum Gasteiger partial charge on any atom is 0.337 e. The van der Waals surface area contributed by atoms with Crippen molar-refractivity contribution in [3.8, 4) is 0 Å². The molecule has 1 aromatic carbocycles. The maximum atomic E-state index is 12.4. The molecular weight excluding hydrogens is 411 g/mol. The zero-order valence-electron chi connectivity index (χ0n) is 12.0. The molecule has 6 nitrogen and oxygen atoms in total. The summed E-state index contributed by atoms with van der Waals surface area (Å²) in [4.78, 5) is 25.6. The molecule has 0 fully saturated rings. The molecule has 0 aliphatic carbocycles. The van der Waals surface area contributed by atoms with E-state index in [1.165, 1.54) is 12.0 Å². The minimum absolute atomic E-state index is 0.0563. The van der Waals surface area contributed by atoms with Crippen molar-refractivity contribution in [1.82, 2.24) is 4.90 Å². The van der Waals surface area contributed by atoms with E-state index in [-0.39, 0.29) is 36.0 Å². The van der Waals surface area contributed by atoms with Crippen LogP contribution in [0.1, 0.15) is 0 Å². The van der Waals surface area contributed by atoms with Crippen LogP contribution in [0.2, 0.25) is 10.0 Å². The first-order valence-corrected chi connectivity index (χ1v) is 8.07. The summed E-state index contributed by atoms with van der Waals surface area (Å²) in [5, 5.41) is 12.6. The van der Waals surface area contributed by atoms with Gasteiger partial charge < -0.3 is 20.1 Å². The number of carbonyl (C=O) groups excluding carboxylic acids is 2. The van der Waals surface area contributed by atoms with Crippen LogP contribution in [0.3, 0.4) is 0 Å². The third kappa shape index (κ3) is 3.63. The number of hydrogen-bond acceptors (Lipinski definition) is 5. The van der Waals surface area contributed by atoms with Crippen molar-refractivity contribution >= 4 is 56.7 Å². The van der Waals surface area contributed by atoms with E-state index in [1.807, 2.05) is 0 Å². The van der Waals surface area contributed by atoms with Crippen LogP contribution in [-0.2, 0) is 14.3 Å². The Labute approximate surface area is 151 Å². The second-order valence-corrected chi connectivity index (χ2v) is 6.22. The van der Waals surface area contributed by atoms with Crippen molar-refractivity contribution in [3.05, 3.63) is 37.9 Å². The third-order valence-electron chi connectivity index (χ3n) is 3.25. The molecule has 2 N–H and O–H groups in total. The highest BCUT2D eigenvalue weighted by Gasteiger charge is 2.34. The van der Waals surface area contributed by atoms with E-state index in [0.29, 0.717) is 15.2 Å². The van der Waals surface area contributed by atoms with Gasteiger partial charge in [-0.15, -0.1) is 0 Å². The topological polar surface area (TPSA) is 78.9 Å². The molecule has 9 heteroatoms. The molecule has 124 valence electrons. The predicted molar refractivity (Wildman–Crippen MR) is 90.5 cm³/mol. The zero-order valence-corrected chi connectivity index (χ0v) is 15.1. The first-order chi connectivity index (χ1) is 10.9. The number of esters is 1. The summed E-state index contributed by atoms with van der Waals surface area (Å²) in [6.45, 7) is -0.0376. The summed E-state index contributed by atoms with van der Waals surface area (Å²) in [5.74, 6) is -1.04. The number of amides is 1. The van der Waals surface area contributed by atoms with Crippen LogP contribution in [-0.4, -0.2) is 48.7 Å². The van der Waals surface area contributed by atoms with Crippen molar-refractivity contribution in [2.24, 2.45) is 0 Å². The highest BCUT2D eigenvalue weighted by molar-refractivity contribution is 9.10. The van der Waals surface area contributed by atoms with Gasteiger partial charge in [-0.1, -0.05) is 23.2 Å². The number of aliphatic hydroxyl groups is 1. The Morgan fingerprint density at radius 1 is 1.48 bits per heavy atom. The molecule has 1 aliphatic heterocycles. The molecule has 1 amide bonds. The number of nitrogens with zero attached hydrogens (tertiary/aromatic N) is 1. The van der Waals surface area contributed by atoms with Crippen molar-refractivity contribution in [1.29, 1.82) is 0 Å². The Bertz CT molecular complexity index is 694. The lowest BCUT2D eigenvalue weighted by Gasteiger charge is -2.15. The van der Waals surface area contributed by atoms with Crippen LogP contribution in [0, 0.1) is 0 Å². The molecule has 0 saturated carbocycles. The average molecular weight is 424 g/mol. The van der Waals surface area contributed by atoms with E-state index >= 15 is 0 Å². The van der Waals surface area contributed by atoms with Crippen LogP contribution in [0.25, 0.3) is 0 Å². The second kappa shape index (κ2) is 7.53. The van der Waals surface area contributed by atoms with Crippen molar-refractivity contribution in [2.75, 3.05) is 32.1 Å². The van der Waals surface area contributed by atoms with Crippen molar-refractivity contribution in [3.63, 3.8) is 0 Å². The maximum absolute atomic E-state index is 12.4. The van der Waals surface area contributed by atoms with Crippen molar-refractivity contribution in [2.45, 2.75) is 0 Å². The van der Waals surface area contributed by atoms with Gasteiger partial charge in [0.15, 0.2) is 0 Å². The SMILES string of the molecule is COC(=O)C1=C(Nc2ccc(Cl)c(Br)c2Cl)C(=O)N(CCO)C1. The molecule has 1 heterocycles. The van der Waals surface area contributed by atoms with E-state index < -0.39 is 11.9 Å². The lowest BCUT2D eigenvalue weighted by molar-refractivity contribution is -0.136. The zero-order chi connectivity index (χ0) is 17.1. The van der Waals surface area contributed by atoms with Gasteiger partial charge in [-0.05, 0) is 28.1 Å². The van der Waals surface area contributed by atoms with Crippen LogP contribution >= 0.6 is 39.1 Å². The largest absolute Gasteiger partial charge is 0.466 e. The number of β-amino-alcohol motifs (C(OH)–C–C–N with tert-alkyl or cyclic N) is 1. The molecule has 2 rings (SSSR count). The molecule has 1 aromatic rings. The minimum atomic E-state index is -0.620. The van der Waals surface area contributed by atoms with Gasteiger partial charge in [0.25, 0.3) is 5.91 Å². The molecule has 0 unspecified atom stereocenters. The molecule has 23 heavy (non-hydrogen) atoms. The van der Waals surface area contributed by atoms with Gasteiger partial charge >= 0.3 is 5.97 Å². The first kappa shape index (κ1) is 18.1. The quantitative estimate of drug-likeness (QED) is 0.561. The number of anilines is 1. The van der Waals surface area contributed by atoms with Gasteiger partial charge in [0.1, 0.15) is 5.70 Å². The third-order valence-corrected chi connectivity index (χ3v) is 5.24. The van der Waals surface area contributed by atoms with E-state index in [9.17, 15) is 9.59 Å². The van der Waals surface area contributed by atoms with Gasteiger partial charge in [0.2, 0.25) is 0 Å². The fourth-order valence-corrected chi connectivity index (χ4v) is 2.87. The average Bonchev–Trinajstić information content (AvgIpc) is 2.84. The number of halogens is 3. The summed E-state index contributed by atoms with van der Waals surface area (Å²) >= 11 is 15.4. The van der Waals surface area contributed by atoms with Crippen LogP contribution in [0.4, 0.5) is 5.69 Å². The normalized spacial score (nSPS) is 14.5. The Morgan fingerprint density at radius 2 is 2.17 bits per heavy atom. The molecule has 0 aromatic heterocycles. The number of rotatable bonds is 5. The molecule has 0 bridgehead atoms. The van der Waals surface area contributed by atoms with Crippen LogP contribution in [0.15, 0.2) is 27.9 Å². The van der Waals surface area contributed by atoms with Gasteiger partial charge in [0.05, 0.1) is 46.0 Å². The Kier molecular flexibility index (Phi) is 5.91. The molecule has 0 atom stereocenters. The Balaban J connectivity index is 2.39.